The summed E-state index contributed by atoms with van der Waals surface area (Å²) in [5, 5.41) is 11.2. The fourth-order valence-electron chi connectivity index (χ4n) is 3.70. The summed E-state index contributed by atoms with van der Waals surface area (Å²) in [6.45, 7) is 0.307. The number of benzene rings is 3. The molecule has 4 rings (SSSR count). The van der Waals surface area contributed by atoms with Crippen LogP contribution >= 0.6 is 11.3 Å². The smallest absolute Gasteiger partial charge is 0.355 e. The van der Waals surface area contributed by atoms with Crippen molar-refractivity contribution >= 4 is 29.0 Å². The number of thiazole rings is 1. The lowest BCUT2D eigenvalue weighted by atomic mass is 10.0. The number of rotatable bonds is 10. The molecular formula is C28H24N2O6S. The maximum Gasteiger partial charge on any atom is 0.355 e. The molecule has 1 heterocycles. The van der Waals surface area contributed by atoms with E-state index in [1.165, 1.54) is 30.9 Å². The molecule has 0 bridgehead atoms. The fourth-order valence-corrected chi connectivity index (χ4v) is 4.48. The number of hydrogen-bond donors (Lipinski definition) is 1. The van der Waals surface area contributed by atoms with Crippen molar-refractivity contribution in [2.45, 2.75) is 13.1 Å². The van der Waals surface area contributed by atoms with E-state index in [0.29, 0.717) is 33.2 Å². The van der Waals surface area contributed by atoms with E-state index in [1.54, 1.807) is 59.5 Å². The van der Waals surface area contributed by atoms with E-state index in [-0.39, 0.29) is 30.5 Å². The molecule has 0 fully saturated rings. The van der Waals surface area contributed by atoms with Crippen molar-refractivity contribution in [1.82, 2.24) is 9.88 Å². The molecule has 0 aliphatic carbocycles. The highest BCUT2D eigenvalue weighted by molar-refractivity contribution is 7.09. The number of carboxylic acids is 1. The van der Waals surface area contributed by atoms with Gasteiger partial charge in [0, 0.05) is 34.7 Å². The lowest BCUT2D eigenvalue weighted by Crippen LogP contribution is -2.30. The van der Waals surface area contributed by atoms with Crippen LogP contribution in [-0.2, 0) is 13.1 Å². The van der Waals surface area contributed by atoms with Crippen LogP contribution in [0.2, 0.25) is 0 Å². The molecule has 0 aliphatic heterocycles. The van der Waals surface area contributed by atoms with Crippen molar-refractivity contribution in [2.75, 3.05) is 14.2 Å². The van der Waals surface area contributed by atoms with Crippen molar-refractivity contribution in [1.29, 1.82) is 0 Å². The maximum absolute atomic E-state index is 13.6. The van der Waals surface area contributed by atoms with Gasteiger partial charge in [0.25, 0.3) is 5.91 Å². The predicted molar refractivity (Wildman–Crippen MR) is 139 cm³/mol. The van der Waals surface area contributed by atoms with E-state index < -0.39 is 5.97 Å². The third-order valence-electron chi connectivity index (χ3n) is 5.61. The number of carbonyl (C=O) groups excluding carboxylic acids is 2. The Hall–Kier alpha value is -4.50. The second-order valence-electron chi connectivity index (χ2n) is 8.09. The number of carboxylic acid groups (broad SMARTS) is 1. The summed E-state index contributed by atoms with van der Waals surface area (Å²) in [7, 11) is 3.00. The Kier molecular flexibility index (Phi) is 7.95. The molecule has 4 aromatic rings. The van der Waals surface area contributed by atoms with Crippen molar-refractivity contribution in [3.63, 3.8) is 0 Å². The van der Waals surface area contributed by atoms with Crippen LogP contribution in [0, 0.1) is 0 Å². The number of ether oxygens (including phenoxy) is 2. The average Bonchev–Trinajstić information content (AvgIpc) is 3.41. The first kappa shape index (κ1) is 25.6. The van der Waals surface area contributed by atoms with Crippen LogP contribution in [0.4, 0.5) is 0 Å². The quantitative estimate of drug-likeness (QED) is 0.298. The molecule has 0 atom stereocenters. The molecule has 0 radical (unpaired) electrons. The summed E-state index contributed by atoms with van der Waals surface area (Å²) >= 11 is 1.17. The third-order valence-corrected chi connectivity index (χ3v) is 6.44. The maximum atomic E-state index is 13.6. The number of aromatic nitrogens is 1. The molecule has 0 spiro atoms. The highest BCUT2D eigenvalue weighted by Gasteiger charge is 2.21. The average molecular weight is 517 g/mol. The Morgan fingerprint density at radius 1 is 0.838 bits per heavy atom. The van der Waals surface area contributed by atoms with Crippen LogP contribution in [0.25, 0.3) is 0 Å². The molecular weight excluding hydrogens is 492 g/mol. The number of amides is 1. The van der Waals surface area contributed by atoms with Crippen LogP contribution in [-0.4, -0.2) is 46.9 Å². The first-order chi connectivity index (χ1) is 17.9. The van der Waals surface area contributed by atoms with Crippen LogP contribution in [0.3, 0.4) is 0 Å². The van der Waals surface area contributed by atoms with Crippen molar-refractivity contribution in [3.05, 3.63) is 111 Å². The van der Waals surface area contributed by atoms with Gasteiger partial charge in [-0.25, -0.2) is 9.78 Å². The molecule has 9 heteroatoms. The molecule has 0 saturated carbocycles. The van der Waals surface area contributed by atoms with Gasteiger partial charge in [-0.3, -0.25) is 9.59 Å². The minimum atomic E-state index is -1.13. The summed E-state index contributed by atoms with van der Waals surface area (Å²) in [5.74, 6) is -0.597. The molecule has 188 valence electrons. The Morgan fingerprint density at radius 3 is 2.03 bits per heavy atom. The van der Waals surface area contributed by atoms with Gasteiger partial charge in [0.2, 0.25) is 0 Å². The number of methoxy groups -OCH3 is 2. The van der Waals surface area contributed by atoms with E-state index in [2.05, 4.69) is 4.98 Å². The van der Waals surface area contributed by atoms with Gasteiger partial charge in [-0.2, -0.15) is 0 Å². The zero-order valence-electron chi connectivity index (χ0n) is 20.2. The van der Waals surface area contributed by atoms with Crippen LogP contribution in [0.15, 0.2) is 78.2 Å². The SMILES string of the molecule is COc1cc(OC)cc(C(=O)N(Cc2ccc(C(=O)c3ccccc3)cc2)Cc2nc(C(=O)O)cs2)c1. The van der Waals surface area contributed by atoms with Gasteiger partial charge in [-0.1, -0.05) is 54.6 Å². The molecule has 8 nitrogen and oxygen atoms in total. The van der Waals surface area contributed by atoms with Gasteiger partial charge >= 0.3 is 5.97 Å². The summed E-state index contributed by atoms with van der Waals surface area (Å²) in [6, 6.07) is 21.0. The zero-order valence-corrected chi connectivity index (χ0v) is 21.0. The molecule has 0 unspecified atom stereocenters. The highest BCUT2D eigenvalue weighted by Crippen LogP contribution is 2.25. The van der Waals surface area contributed by atoms with Crippen molar-refractivity contribution in [3.8, 4) is 11.5 Å². The van der Waals surface area contributed by atoms with Gasteiger partial charge in [0.1, 0.15) is 16.5 Å². The molecule has 1 aromatic heterocycles. The summed E-state index contributed by atoms with van der Waals surface area (Å²) in [4.78, 5) is 43.3. The van der Waals surface area contributed by atoms with E-state index in [9.17, 15) is 19.5 Å². The minimum Gasteiger partial charge on any atom is -0.497 e. The van der Waals surface area contributed by atoms with Gasteiger partial charge in [0.05, 0.1) is 20.8 Å². The molecule has 0 aliphatic rings. The van der Waals surface area contributed by atoms with Crippen LogP contribution in [0.5, 0.6) is 11.5 Å². The van der Waals surface area contributed by atoms with E-state index in [0.717, 1.165) is 5.56 Å². The van der Waals surface area contributed by atoms with E-state index >= 15 is 0 Å². The predicted octanol–water partition coefficient (Wildman–Crippen LogP) is 4.93. The lowest BCUT2D eigenvalue weighted by molar-refractivity contribution is 0.0690. The van der Waals surface area contributed by atoms with Crippen molar-refractivity contribution < 1.29 is 29.0 Å². The highest BCUT2D eigenvalue weighted by atomic mass is 32.1. The molecule has 0 saturated heterocycles. The number of carbonyl (C=O) groups is 3. The second kappa shape index (κ2) is 11.5. The largest absolute Gasteiger partial charge is 0.497 e. The summed E-state index contributed by atoms with van der Waals surface area (Å²) in [6.07, 6.45) is 0. The number of nitrogens with zero attached hydrogens (tertiary/aromatic N) is 2. The number of hydrogen-bond acceptors (Lipinski definition) is 7. The number of aromatic carboxylic acids is 1. The Labute approximate surface area is 217 Å². The minimum absolute atomic E-state index is 0.0702. The van der Waals surface area contributed by atoms with Crippen LogP contribution in [0.1, 0.15) is 47.3 Å². The van der Waals surface area contributed by atoms with E-state index in [1.807, 2.05) is 18.2 Å². The van der Waals surface area contributed by atoms with Gasteiger partial charge in [-0.05, 0) is 17.7 Å². The Bertz CT molecular complexity index is 1390. The normalized spacial score (nSPS) is 10.5. The zero-order chi connectivity index (χ0) is 26.4. The molecule has 3 aromatic carbocycles. The van der Waals surface area contributed by atoms with Gasteiger partial charge < -0.3 is 19.5 Å². The van der Waals surface area contributed by atoms with Gasteiger partial charge in [0.15, 0.2) is 11.5 Å². The second-order valence-corrected chi connectivity index (χ2v) is 9.03. The topological polar surface area (TPSA) is 106 Å². The molecule has 1 N–H and O–H groups in total. The molecule has 37 heavy (non-hydrogen) atoms. The Balaban J connectivity index is 1.61. The standard InChI is InChI=1S/C28H24N2O6S/c1-35-22-12-21(13-23(14-22)36-2)27(32)30(16-25-29-24(17-37-25)28(33)34)15-18-8-10-20(11-9-18)26(31)19-6-4-3-5-7-19/h3-14,17H,15-16H2,1-2H3,(H,33,34). The summed E-state index contributed by atoms with van der Waals surface area (Å²) < 4.78 is 10.6. The number of ketones is 1. The van der Waals surface area contributed by atoms with E-state index in [4.69, 9.17) is 9.47 Å². The van der Waals surface area contributed by atoms with Crippen LogP contribution < -0.4 is 9.47 Å². The fraction of sp³-hybridized carbons (Fsp3) is 0.143. The van der Waals surface area contributed by atoms with Crippen molar-refractivity contribution in [2.24, 2.45) is 0 Å². The first-order valence-corrected chi connectivity index (χ1v) is 12.1. The third kappa shape index (κ3) is 6.20. The lowest BCUT2D eigenvalue weighted by Gasteiger charge is -2.23. The Morgan fingerprint density at radius 2 is 1.46 bits per heavy atom. The monoisotopic (exact) mass is 516 g/mol. The first-order valence-electron chi connectivity index (χ1n) is 11.3. The van der Waals surface area contributed by atoms with Gasteiger partial charge in [-0.15, -0.1) is 11.3 Å². The molecule has 1 amide bonds. The summed E-state index contributed by atoms with van der Waals surface area (Å²) in [5.41, 5.74) is 2.21.